The van der Waals surface area contributed by atoms with Gasteiger partial charge in [0, 0.05) is 12.6 Å². The van der Waals surface area contributed by atoms with E-state index < -0.39 is 7.12 Å². The summed E-state index contributed by atoms with van der Waals surface area (Å²) in [7, 11) is 0.362. The van der Waals surface area contributed by atoms with Gasteiger partial charge in [-0.1, -0.05) is 24.3 Å². The van der Waals surface area contributed by atoms with Crippen LogP contribution in [0, 0.1) is 0 Å². The largest absolute Gasteiger partial charge is 0.488 e. The lowest BCUT2D eigenvalue weighted by atomic mass is 9.80. The molecule has 4 N–H and O–H groups in total. The van der Waals surface area contributed by atoms with E-state index in [2.05, 4.69) is 16.1 Å². The standard InChI is InChI=1S/C8H11BN4O2/c1-13-11-8(10-12-13)6-2-4-7(5-3-6)9(14)15/h2-5,12,14-15H,1H3,(H,10,11). The number of benzene rings is 1. The second kappa shape index (κ2) is 3.89. The molecular formula is C8H11BN4O2. The van der Waals surface area contributed by atoms with Gasteiger partial charge in [-0.05, 0) is 5.46 Å². The van der Waals surface area contributed by atoms with Crippen LogP contribution in [0.2, 0.25) is 0 Å². The second-order valence-corrected chi connectivity index (χ2v) is 3.23. The van der Waals surface area contributed by atoms with Crippen LogP contribution in [0.5, 0.6) is 0 Å². The molecule has 0 aliphatic carbocycles. The van der Waals surface area contributed by atoms with E-state index in [1.54, 1.807) is 36.4 Å². The van der Waals surface area contributed by atoms with Crippen molar-refractivity contribution in [3.05, 3.63) is 29.8 Å². The lowest BCUT2D eigenvalue weighted by Crippen LogP contribution is -2.38. The fraction of sp³-hybridized carbons (Fsp3) is 0.125. The van der Waals surface area contributed by atoms with E-state index in [9.17, 15) is 0 Å². The van der Waals surface area contributed by atoms with Crippen molar-refractivity contribution in [1.82, 2.24) is 16.1 Å². The van der Waals surface area contributed by atoms with Crippen molar-refractivity contribution in [1.29, 1.82) is 0 Å². The Morgan fingerprint density at radius 3 is 2.40 bits per heavy atom. The number of hydrazone groups is 1. The Balaban J connectivity index is 2.17. The fourth-order valence-electron chi connectivity index (χ4n) is 1.28. The molecule has 1 aromatic carbocycles. The molecule has 0 spiro atoms. The third-order valence-corrected chi connectivity index (χ3v) is 2.07. The van der Waals surface area contributed by atoms with Crippen LogP contribution < -0.4 is 16.4 Å². The first-order valence-corrected chi connectivity index (χ1v) is 4.47. The maximum atomic E-state index is 8.91. The van der Waals surface area contributed by atoms with Gasteiger partial charge < -0.3 is 10.0 Å². The van der Waals surface area contributed by atoms with E-state index in [1.165, 1.54) is 0 Å². The number of amidine groups is 1. The van der Waals surface area contributed by atoms with E-state index in [0.717, 1.165) is 5.56 Å². The van der Waals surface area contributed by atoms with Gasteiger partial charge >= 0.3 is 7.12 Å². The van der Waals surface area contributed by atoms with Crippen molar-refractivity contribution in [2.75, 3.05) is 7.05 Å². The SMILES string of the molecule is CN1NN=C(c2ccc(B(O)O)cc2)N1. The van der Waals surface area contributed by atoms with Crippen LogP contribution in [0.15, 0.2) is 29.4 Å². The van der Waals surface area contributed by atoms with Crippen LogP contribution in [0.3, 0.4) is 0 Å². The molecule has 15 heavy (non-hydrogen) atoms. The smallest absolute Gasteiger partial charge is 0.423 e. The van der Waals surface area contributed by atoms with Crippen LogP contribution in [-0.4, -0.2) is 35.2 Å². The summed E-state index contributed by atoms with van der Waals surface area (Å²) < 4.78 is 0. The first kappa shape index (κ1) is 9.97. The van der Waals surface area contributed by atoms with Gasteiger partial charge in [0.2, 0.25) is 0 Å². The van der Waals surface area contributed by atoms with E-state index in [0.29, 0.717) is 11.3 Å². The highest BCUT2D eigenvalue weighted by molar-refractivity contribution is 6.58. The van der Waals surface area contributed by atoms with Crippen molar-refractivity contribution < 1.29 is 10.0 Å². The number of rotatable bonds is 2. The van der Waals surface area contributed by atoms with Gasteiger partial charge in [0.05, 0.1) is 0 Å². The summed E-state index contributed by atoms with van der Waals surface area (Å²) in [5, 5.41) is 23.5. The lowest BCUT2D eigenvalue weighted by molar-refractivity contribution is 0.232. The van der Waals surface area contributed by atoms with Crippen LogP contribution in [-0.2, 0) is 0 Å². The topological polar surface area (TPSA) is 80.1 Å². The summed E-state index contributed by atoms with van der Waals surface area (Å²) in [4.78, 5) is 0. The third kappa shape index (κ3) is 2.09. The number of hydrogen-bond acceptors (Lipinski definition) is 6. The first-order chi connectivity index (χ1) is 7.16. The molecule has 1 aliphatic heterocycles. The average Bonchev–Trinajstić information content (AvgIpc) is 2.65. The van der Waals surface area contributed by atoms with E-state index in [-0.39, 0.29) is 0 Å². The third-order valence-electron chi connectivity index (χ3n) is 2.07. The van der Waals surface area contributed by atoms with Gasteiger partial charge in [-0.3, -0.25) is 5.43 Å². The predicted molar refractivity (Wildman–Crippen MR) is 56.8 cm³/mol. The molecule has 0 unspecified atom stereocenters. The van der Waals surface area contributed by atoms with Crippen molar-refractivity contribution in [2.45, 2.75) is 0 Å². The molecule has 0 saturated carbocycles. The fourth-order valence-corrected chi connectivity index (χ4v) is 1.28. The van der Waals surface area contributed by atoms with Gasteiger partial charge in [-0.15, -0.1) is 10.2 Å². The Kier molecular flexibility index (Phi) is 2.59. The summed E-state index contributed by atoms with van der Waals surface area (Å²) in [6.07, 6.45) is 0. The molecule has 0 saturated heterocycles. The molecule has 2 rings (SSSR count). The molecule has 1 aromatic rings. The van der Waals surface area contributed by atoms with Gasteiger partial charge in [0.1, 0.15) is 0 Å². The van der Waals surface area contributed by atoms with E-state index in [1.807, 2.05) is 0 Å². The number of hydrazine groups is 2. The minimum atomic E-state index is -1.43. The zero-order valence-electron chi connectivity index (χ0n) is 8.18. The molecular weight excluding hydrogens is 195 g/mol. The number of nitrogens with zero attached hydrogens (tertiary/aromatic N) is 2. The van der Waals surface area contributed by atoms with Crippen LogP contribution >= 0.6 is 0 Å². The van der Waals surface area contributed by atoms with E-state index >= 15 is 0 Å². The summed E-state index contributed by atoms with van der Waals surface area (Å²) >= 11 is 0. The van der Waals surface area contributed by atoms with E-state index in [4.69, 9.17) is 10.0 Å². The van der Waals surface area contributed by atoms with Crippen molar-refractivity contribution in [2.24, 2.45) is 5.10 Å². The summed E-state index contributed by atoms with van der Waals surface area (Å²) in [5.74, 6) is 0.691. The number of nitrogens with one attached hydrogen (secondary N) is 2. The predicted octanol–water partition coefficient (Wildman–Crippen LogP) is -2.02. The molecule has 1 heterocycles. The van der Waals surface area contributed by atoms with Gasteiger partial charge in [0.15, 0.2) is 5.84 Å². The van der Waals surface area contributed by atoms with Gasteiger partial charge in [-0.25, -0.2) is 5.53 Å². The van der Waals surface area contributed by atoms with Crippen molar-refractivity contribution in [3.63, 3.8) is 0 Å². The molecule has 0 aromatic heterocycles. The maximum absolute atomic E-state index is 8.91. The zero-order valence-corrected chi connectivity index (χ0v) is 8.18. The van der Waals surface area contributed by atoms with Crippen molar-refractivity contribution in [3.8, 4) is 0 Å². The highest BCUT2D eigenvalue weighted by Crippen LogP contribution is 2.01. The van der Waals surface area contributed by atoms with Gasteiger partial charge in [-0.2, -0.15) is 0 Å². The van der Waals surface area contributed by atoms with Crippen LogP contribution in [0.25, 0.3) is 0 Å². The Bertz CT molecular complexity index is 379. The quantitative estimate of drug-likeness (QED) is 0.420. The molecule has 7 heteroatoms. The normalized spacial score (nSPS) is 15.5. The average molecular weight is 206 g/mol. The zero-order chi connectivity index (χ0) is 10.8. The molecule has 0 atom stereocenters. The molecule has 6 nitrogen and oxygen atoms in total. The maximum Gasteiger partial charge on any atom is 0.488 e. The van der Waals surface area contributed by atoms with Crippen LogP contribution in [0.1, 0.15) is 5.56 Å². The molecule has 1 aliphatic rings. The molecule has 0 bridgehead atoms. The summed E-state index contributed by atoms with van der Waals surface area (Å²) in [6.45, 7) is 0. The Morgan fingerprint density at radius 2 is 1.93 bits per heavy atom. The Labute approximate surface area is 87.3 Å². The highest BCUT2D eigenvalue weighted by Gasteiger charge is 2.14. The van der Waals surface area contributed by atoms with Gasteiger partial charge in [0.25, 0.3) is 0 Å². The minimum Gasteiger partial charge on any atom is -0.423 e. The Hall–Kier alpha value is -1.57. The van der Waals surface area contributed by atoms with Crippen molar-refractivity contribution >= 4 is 18.4 Å². The first-order valence-electron chi connectivity index (χ1n) is 4.47. The number of hydrogen-bond donors (Lipinski definition) is 4. The summed E-state index contributed by atoms with van der Waals surface area (Å²) in [5.41, 5.74) is 7.01. The van der Waals surface area contributed by atoms with Crippen LogP contribution in [0.4, 0.5) is 0 Å². The monoisotopic (exact) mass is 206 g/mol. The minimum absolute atomic E-state index is 0.457. The molecule has 0 fully saturated rings. The lowest BCUT2D eigenvalue weighted by Gasteiger charge is -2.08. The highest BCUT2D eigenvalue weighted by atomic mass is 16.4. The Morgan fingerprint density at radius 1 is 1.27 bits per heavy atom. The molecule has 0 radical (unpaired) electrons. The second-order valence-electron chi connectivity index (χ2n) is 3.23. The summed E-state index contributed by atoms with van der Waals surface area (Å²) in [6, 6.07) is 6.81. The molecule has 78 valence electrons. The molecule has 0 amide bonds.